The predicted molar refractivity (Wildman–Crippen MR) is 149 cm³/mol. The topological polar surface area (TPSA) is 40.9 Å². The number of halogens is 1. The van der Waals surface area contributed by atoms with Crippen molar-refractivity contribution >= 4 is 44.6 Å². The fourth-order valence-electron chi connectivity index (χ4n) is 4.94. The highest BCUT2D eigenvalue weighted by atomic mass is 35.5. The van der Waals surface area contributed by atoms with Gasteiger partial charge in [-0.3, -0.25) is 9.69 Å². The molecule has 0 bridgehead atoms. The van der Waals surface area contributed by atoms with Gasteiger partial charge in [0.25, 0.3) is 0 Å². The van der Waals surface area contributed by atoms with Gasteiger partial charge in [0.1, 0.15) is 5.65 Å². The van der Waals surface area contributed by atoms with Crippen molar-refractivity contribution in [1.82, 2.24) is 19.2 Å². The second-order valence-corrected chi connectivity index (χ2v) is 10.7. The molecule has 3 aromatic heterocycles. The van der Waals surface area contributed by atoms with Crippen LogP contribution in [0.25, 0.3) is 37.4 Å². The number of rotatable bonds is 5. The molecule has 0 N–H and O–H groups in total. The molecular weight excluding hydrogens is 488 g/mol. The van der Waals surface area contributed by atoms with E-state index in [-0.39, 0.29) is 5.91 Å². The highest BCUT2D eigenvalue weighted by Gasteiger charge is 2.23. The van der Waals surface area contributed by atoms with E-state index >= 15 is 0 Å². The Morgan fingerprint density at radius 1 is 0.972 bits per heavy atom. The van der Waals surface area contributed by atoms with Crippen LogP contribution in [-0.2, 0) is 11.3 Å². The zero-order chi connectivity index (χ0) is 24.6. The summed E-state index contributed by atoms with van der Waals surface area (Å²) < 4.78 is 3.53. The van der Waals surface area contributed by atoms with E-state index in [0.717, 1.165) is 55.3 Å². The number of hydrogen-bond acceptors (Lipinski definition) is 4. The molecule has 182 valence electrons. The molecule has 1 fully saturated rings. The average molecular weight is 515 g/mol. The molecule has 36 heavy (non-hydrogen) atoms. The number of nitrogens with zero attached hydrogens (tertiary/aromatic N) is 4. The molecule has 0 unspecified atom stereocenters. The number of benzene rings is 2. The molecule has 5 aromatic rings. The molecule has 5 nitrogen and oxygen atoms in total. The van der Waals surface area contributed by atoms with Crippen molar-refractivity contribution in [3.8, 4) is 21.7 Å². The van der Waals surface area contributed by atoms with E-state index < -0.39 is 0 Å². The molecule has 0 aliphatic carbocycles. The first-order valence-electron chi connectivity index (χ1n) is 12.3. The maximum Gasteiger partial charge on any atom is 0.222 e. The van der Waals surface area contributed by atoms with Gasteiger partial charge in [0.2, 0.25) is 5.91 Å². The Morgan fingerprint density at radius 2 is 1.72 bits per heavy atom. The second kappa shape index (κ2) is 9.69. The van der Waals surface area contributed by atoms with Crippen molar-refractivity contribution < 1.29 is 4.79 Å². The Bertz CT molecular complexity index is 1510. The van der Waals surface area contributed by atoms with Crippen molar-refractivity contribution in [3.63, 3.8) is 0 Å². The number of amides is 1. The zero-order valence-electron chi connectivity index (χ0n) is 20.2. The number of imidazole rings is 1. The third kappa shape index (κ3) is 4.41. The summed E-state index contributed by atoms with van der Waals surface area (Å²) in [6, 6.07) is 23.0. The average Bonchev–Trinajstić information content (AvgIpc) is 3.50. The van der Waals surface area contributed by atoms with Crippen molar-refractivity contribution in [3.05, 3.63) is 83.6 Å². The number of carbonyl (C=O) groups is 1. The first-order valence-corrected chi connectivity index (χ1v) is 13.5. The van der Waals surface area contributed by atoms with E-state index in [2.05, 4.69) is 58.0 Å². The SMILES string of the molecule is CCC(=O)N1CCN(Cc2c(-c3ccc(Cl)cc3)nc3ccc(-c4cc5ccccc5s4)cn23)CC1. The van der Waals surface area contributed by atoms with E-state index in [4.69, 9.17) is 16.6 Å². The Labute approximate surface area is 219 Å². The van der Waals surface area contributed by atoms with Gasteiger partial charge in [-0.15, -0.1) is 11.3 Å². The van der Waals surface area contributed by atoms with E-state index in [1.807, 2.05) is 47.4 Å². The second-order valence-electron chi connectivity index (χ2n) is 9.22. The van der Waals surface area contributed by atoms with E-state index in [1.54, 1.807) is 0 Å². The van der Waals surface area contributed by atoms with Crippen molar-refractivity contribution in [2.24, 2.45) is 0 Å². The lowest BCUT2D eigenvalue weighted by Crippen LogP contribution is -2.48. The van der Waals surface area contributed by atoms with Gasteiger partial charge in [0.05, 0.1) is 11.4 Å². The fraction of sp³-hybridized carbons (Fsp3) is 0.241. The first kappa shape index (κ1) is 23.2. The number of hydrogen-bond donors (Lipinski definition) is 0. The molecule has 1 saturated heterocycles. The Balaban J connectivity index is 1.40. The van der Waals surface area contributed by atoms with Gasteiger partial charge in [-0.25, -0.2) is 4.98 Å². The van der Waals surface area contributed by atoms with Crippen molar-refractivity contribution in [1.29, 1.82) is 0 Å². The number of fused-ring (bicyclic) bond motifs is 2. The zero-order valence-corrected chi connectivity index (χ0v) is 21.7. The molecule has 1 aliphatic rings. The van der Waals surface area contributed by atoms with Crippen LogP contribution in [0.1, 0.15) is 19.0 Å². The number of pyridine rings is 1. The largest absolute Gasteiger partial charge is 0.340 e. The third-order valence-electron chi connectivity index (χ3n) is 6.95. The number of carbonyl (C=O) groups excluding carboxylic acids is 1. The van der Waals surface area contributed by atoms with Crippen LogP contribution in [0, 0.1) is 0 Å². The summed E-state index contributed by atoms with van der Waals surface area (Å²) in [7, 11) is 0. The molecule has 4 heterocycles. The van der Waals surface area contributed by atoms with Crippen LogP contribution in [0.3, 0.4) is 0 Å². The number of thiophene rings is 1. The number of piperazine rings is 1. The molecule has 0 spiro atoms. The summed E-state index contributed by atoms with van der Waals surface area (Å²) in [5.41, 5.74) is 5.31. The van der Waals surface area contributed by atoms with Crippen LogP contribution in [0.15, 0.2) is 72.9 Å². The lowest BCUT2D eigenvalue weighted by molar-refractivity contribution is -0.132. The van der Waals surface area contributed by atoms with Crippen LogP contribution in [0.4, 0.5) is 0 Å². The molecule has 6 rings (SSSR count). The summed E-state index contributed by atoms with van der Waals surface area (Å²) in [6.45, 7) is 5.95. The predicted octanol–water partition coefficient (Wildman–Crippen LogP) is 6.59. The third-order valence-corrected chi connectivity index (χ3v) is 8.36. The summed E-state index contributed by atoms with van der Waals surface area (Å²) in [6.07, 6.45) is 2.78. The Morgan fingerprint density at radius 3 is 2.47 bits per heavy atom. The molecule has 7 heteroatoms. The van der Waals surface area contributed by atoms with Crippen LogP contribution < -0.4 is 0 Å². The summed E-state index contributed by atoms with van der Waals surface area (Å²) in [5.74, 6) is 0.235. The standard InChI is InChI=1S/C29H27ClN4OS/c1-2-28(35)33-15-13-32(14-16-33)19-24-29(20-7-10-23(30)11-8-20)31-27-12-9-22(18-34(24)27)26-17-21-5-3-4-6-25(21)36-26/h3-12,17-18H,2,13-16,19H2,1H3. The molecule has 1 aliphatic heterocycles. The van der Waals surface area contributed by atoms with Gasteiger partial charge in [-0.2, -0.15) is 0 Å². The molecule has 2 aromatic carbocycles. The summed E-state index contributed by atoms with van der Waals surface area (Å²) >= 11 is 8.00. The van der Waals surface area contributed by atoms with Crippen LogP contribution >= 0.6 is 22.9 Å². The van der Waals surface area contributed by atoms with Gasteiger partial charge in [0, 0.05) is 71.1 Å². The Hall–Kier alpha value is -3.19. The maximum absolute atomic E-state index is 12.2. The fourth-order valence-corrected chi connectivity index (χ4v) is 6.12. The minimum absolute atomic E-state index is 0.235. The van der Waals surface area contributed by atoms with Gasteiger partial charge in [0.15, 0.2) is 0 Å². The summed E-state index contributed by atoms with van der Waals surface area (Å²) in [5, 5.41) is 1.98. The lowest BCUT2D eigenvalue weighted by atomic mass is 10.1. The van der Waals surface area contributed by atoms with Gasteiger partial charge in [-0.05, 0) is 41.8 Å². The van der Waals surface area contributed by atoms with Crippen LogP contribution in [-0.4, -0.2) is 51.3 Å². The lowest BCUT2D eigenvalue weighted by Gasteiger charge is -2.34. The van der Waals surface area contributed by atoms with Crippen LogP contribution in [0.2, 0.25) is 5.02 Å². The van der Waals surface area contributed by atoms with Gasteiger partial charge < -0.3 is 9.30 Å². The normalized spacial score (nSPS) is 14.7. The minimum atomic E-state index is 0.235. The molecule has 0 atom stereocenters. The van der Waals surface area contributed by atoms with Crippen LogP contribution in [0.5, 0.6) is 0 Å². The van der Waals surface area contributed by atoms with Crippen molar-refractivity contribution in [2.45, 2.75) is 19.9 Å². The molecule has 1 amide bonds. The van der Waals surface area contributed by atoms with Gasteiger partial charge in [-0.1, -0.05) is 48.9 Å². The number of aromatic nitrogens is 2. The highest BCUT2D eigenvalue weighted by Crippen LogP contribution is 2.35. The minimum Gasteiger partial charge on any atom is -0.340 e. The summed E-state index contributed by atoms with van der Waals surface area (Å²) in [4.78, 5) is 22.8. The quantitative estimate of drug-likeness (QED) is 0.265. The smallest absolute Gasteiger partial charge is 0.222 e. The maximum atomic E-state index is 12.2. The molecule has 0 saturated carbocycles. The van der Waals surface area contributed by atoms with E-state index in [9.17, 15) is 4.79 Å². The van der Waals surface area contributed by atoms with E-state index in [1.165, 1.54) is 20.5 Å². The van der Waals surface area contributed by atoms with Gasteiger partial charge >= 0.3 is 0 Å². The van der Waals surface area contributed by atoms with E-state index in [0.29, 0.717) is 11.4 Å². The first-order chi connectivity index (χ1) is 17.6. The Kier molecular flexibility index (Phi) is 6.25. The van der Waals surface area contributed by atoms with Crippen molar-refractivity contribution in [2.75, 3.05) is 26.2 Å². The highest BCUT2D eigenvalue weighted by molar-refractivity contribution is 7.22. The molecular formula is C29H27ClN4OS. The molecule has 0 radical (unpaired) electrons. The monoisotopic (exact) mass is 514 g/mol.